The van der Waals surface area contributed by atoms with Crippen LogP contribution in [0.4, 0.5) is 17.6 Å². The zero-order chi connectivity index (χ0) is 18.5. The van der Waals surface area contributed by atoms with Crippen LogP contribution in [0.3, 0.4) is 0 Å². The van der Waals surface area contributed by atoms with E-state index >= 15 is 0 Å². The van der Waals surface area contributed by atoms with Gasteiger partial charge in [0.25, 0.3) is 0 Å². The fraction of sp³-hybridized carbons (Fsp3) is 0.375. The molecular weight excluding hydrogens is 328 g/mol. The third-order valence-corrected chi connectivity index (χ3v) is 2.94. The molecule has 132 valence electrons. The summed E-state index contributed by atoms with van der Waals surface area (Å²) in [6, 6.07) is 3.74. The first-order valence-electron chi connectivity index (χ1n) is 7.33. The Labute approximate surface area is 137 Å². The summed E-state index contributed by atoms with van der Waals surface area (Å²) in [6.45, 7) is 5.68. The summed E-state index contributed by atoms with van der Waals surface area (Å²) in [4.78, 5) is 11.6. The van der Waals surface area contributed by atoms with Crippen LogP contribution in [0, 0.1) is 5.82 Å². The number of carbonyl (C=O) groups is 1. The lowest BCUT2D eigenvalue weighted by Crippen LogP contribution is -2.10. The van der Waals surface area contributed by atoms with Gasteiger partial charge in [-0.3, -0.25) is 4.68 Å². The molecule has 4 nitrogen and oxygen atoms in total. The third-order valence-electron chi connectivity index (χ3n) is 2.94. The van der Waals surface area contributed by atoms with E-state index in [4.69, 9.17) is 4.74 Å². The molecule has 0 radical (unpaired) electrons. The molecular formula is C16H18F4N2O2. The Kier molecular flexibility index (Phi) is 6.51. The second-order valence-electron chi connectivity index (χ2n) is 4.42. The Morgan fingerprint density at radius 3 is 2.46 bits per heavy atom. The van der Waals surface area contributed by atoms with Crippen LogP contribution in [-0.2, 0) is 18.0 Å². The molecule has 2 rings (SSSR count). The van der Waals surface area contributed by atoms with Crippen molar-refractivity contribution in [2.45, 2.75) is 26.9 Å². The second-order valence-corrected chi connectivity index (χ2v) is 4.42. The van der Waals surface area contributed by atoms with Crippen molar-refractivity contribution in [3.05, 3.63) is 41.3 Å². The Morgan fingerprint density at radius 2 is 1.92 bits per heavy atom. The number of benzene rings is 1. The average Bonchev–Trinajstić information content (AvgIpc) is 2.90. The van der Waals surface area contributed by atoms with Gasteiger partial charge < -0.3 is 4.74 Å². The first-order valence-corrected chi connectivity index (χ1v) is 7.33. The Bertz CT molecular complexity index is 709. The molecule has 0 bridgehead atoms. The van der Waals surface area contributed by atoms with Crippen LogP contribution in [0.5, 0.6) is 0 Å². The zero-order valence-electron chi connectivity index (χ0n) is 13.7. The molecule has 1 aromatic carbocycles. The SMILES string of the molecule is CC.CCOC(=O)c1cc(-c2c(F)cccc2C(F)(F)F)n(C)n1. The van der Waals surface area contributed by atoms with Gasteiger partial charge >= 0.3 is 12.1 Å². The van der Waals surface area contributed by atoms with Crippen LogP contribution >= 0.6 is 0 Å². The minimum Gasteiger partial charge on any atom is -0.461 e. The molecule has 0 spiro atoms. The summed E-state index contributed by atoms with van der Waals surface area (Å²) in [7, 11) is 1.32. The van der Waals surface area contributed by atoms with Crippen LogP contribution in [0.25, 0.3) is 11.3 Å². The maximum atomic E-state index is 13.9. The highest BCUT2D eigenvalue weighted by atomic mass is 19.4. The smallest absolute Gasteiger partial charge is 0.417 e. The molecule has 1 heterocycles. The molecule has 0 saturated carbocycles. The van der Waals surface area contributed by atoms with E-state index in [2.05, 4.69) is 5.10 Å². The normalized spacial score (nSPS) is 10.8. The summed E-state index contributed by atoms with van der Waals surface area (Å²) < 4.78 is 58.8. The molecule has 1 aromatic heterocycles. The lowest BCUT2D eigenvalue weighted by Gasteiger charge is -2.13. The largest absolute Gasteiger partial charge is 0.461 e. The molecule has 24 heavy (non-hydrogen) atoms. The molecule has 0 unspecified atom stereocenters. The highest BCUT2D eigenvalue weighted by Gasteiger charge is 2.36. The highest BCUT2D eigenvalue weighted by Crippen LogP contribution is 2.38. The molecule has 0 aliphatic heterocycles. The number of aryl methyl sites for hydroxylation is 1. The van der Waals surface area contributed by atoms with Gasteiger partial charge in [0.15, 0.2) is 5.69 Å². The predicted octanol–water partition coefficient (Wildman–Crippen LogP) is 4.45. The number of nitrogens with zero attached hydrogens (tertiary/aromatic N) is 2. The number of esters is 1. The summed E-state index contributed by atoms with van der Waals surface area (Å²) in [5.74, 6) is -1.83. The molecule has 0 atom stereocenters. The molecule has 2 aromatic rings. The van der Waals surface area contributed by atoms with Gasteiger partial charge in [-0.15, -0.1) is 0 Å². The van der Waals surface area contributed by atoms with Crippen molar-refractivity contribution in [1.82, 2.24) is 9.78 Å². The minimum absolute atomic E-state index is 0.0955. The standard InChI is InChI=1S/C14H12F4N2O2.C2H6/c1-3-22-13(21)10-7-11(20(2)19-10)12-8(14(16,17)18)5-4-6-9(12)15;1-2/h4-7H,3H2,1-2H3;1-2H3. The van der Waals surface area contributed by atoms with Gasteiger partial charge in [-0.2, -0.15) is 18.3 Å². The predicted molar refractivity (Wildman–Crippen MR) is 80.9 cm³/mol. The Morgan fingerprint density at radius 1 is 1.29 bits per heavy atom. The number of ether oxygens (including phenoxy) is 1. The molecule has 8 heteroatoms. The Balaban J connectivity index is 0.00000139. The van der Waals surface area contributed by atoms with Gasteiger partial charge in [-0.1, -0.05) is 19.9 Å². The minimum atomic E-state index is -4.73. The lowest BCUT2D eigenvalue weighted by atomic mass is 10.0. The van der Waals surface area contributed by atoms with Crippen LogP contribution < -0.4 is 0 Å². The number of aromatic nitrogens is 2. The van der Waals surface area contributed by atoms with E-state index in [-0.39, 0.29) is 18.0 Å². The summed E-state index contributed by atoms with van der Waals surface area (Å²) >= 11 is 0. The average molecular weight is 346 g/mol. The van der Waals surface area contributed by atoms with Gasteiger partial charge in [0, 0.05) is 12.6 Å². The Hall–Kier alpha value is -2.38. The fourth-order valence-corrected chi connectivity index (χ4v) is 2.03. The van der Waals surface area contributed by atoms with Gasteiger partial charge in [-0.25, -0.2) is 9.18 Å². The van der Waals surface area contributed by atoms with E-state index in [0.717, 1.165) is 28.9 Å². The molecule has 0 aliphatic rings. The lowest BCUT2D eigenvalue weighted by molar-refractivity contribution is -0.137. The number of carbonyl (C=O) groups excluding carboxylic acids is 1. The number of halogens is 4. The van der Waals surface area contributed by atoms with E-state index in [1.807, 2.05) is 13.8 Å². The monoisotopic (exact) mass is 346 g/mol. The van der Waals surface area contributed by atoms with Crippen molar-refractivity contribution < 1.29 is 27.1 Å². The van der Waals surface area contributed by atoms with Crippen LogP contribution in [-0.4, -0.2) is 22.4 Å². The van der Waals surface area contributed by atoms with Gasteiger partial charge in [0.05, 0.1) is 17.9 Å². The number of alkyl halides is 3. The molecule has 0 amide bonds. The quantitative estimate of drug-likeness (QED) is 0.609. The van der Waals surface area contributed by atoms with Gasteiger partial charge in [-0.05, 0) is 25.1 Å². The van der Waals surface area contributed by atoms with Crippen LogP contribution in [0.1, 0.15) is 36.8 Å². The van der Waals surface area contributed by atoms with Crippen molar-refractivity contribution in [3.63, 3.8) is 0 Å². The molecule has 0 saturated heterocycles. The molecule has 0 N–H and O–H groups in total. The van der Waals surface area contributed by atoms with E-state index in [1.54, 1.807) is 6.92 Å². The van der Waals surface area contributed by atoms with Crippen molar-refractivity contribution in [2.24, 2.45) is 7.05 Å². The topological polar surface area (TPSA) is 44.1 Å². The van der Waals surface area contributed by atoms with Crippen LogP contribution in [0.15, 0.2) is 24.3 Å². The zero-order valence-corrected chi connectivity index (χ0v) is 13.7. The van der Waals surface area contributed by atoms with Gasteiger partial charge in [0.1, 0.15) is 5.82 Å². The first kappa shape index (κ1) is 19.7. The van der Waals surface area contributed by atoms with E-state index < -0.39 is 29.1 Å². The fourth-order valence-electron chi connectivity index (χ4n) is 2.03. The van der Waals surface area contributed by atoms with E-state index in [0.29, 0.717) is 0 Å². The van der Waals surface area contributed by atoms with E-state index in [9.17, 15) is 22.4 Å². The van der Waals surface area contributed by atoms with Crippen molar-refractivity contribution >= 4 is 5.97 Å². The number of hydrogen-bond acceptors (Lipinski definition) is 3. The van der Waals surface area contributed by atoms with Crippen molar-refractivity contribution in [3.8, 4) is 11.3 Å². The number of rotatable bonds is 3. The maximum absolute atomic E-state index is 13.9. The van der Waals surface area contributed by atoms with Crippen LogP contribution in [0.2, 0.25) is 0 Å². The maximum Gasteiger partial charge on any atom is 0.417 e. The molecule has 0 aliphatic carbocycles. The summed E-state index contributed by atoms with van der Waals surface area (Å²) in [5.41, 5.74) is -2.13. The highest BCUT2D eigenvalue weighted by molar-refractivity contribution is 5.89. The number of hydrogen-bond donors (Lipinski definition) is 0. The van der Waals surface area contributed by atoms with Crippen molar-refractivity contribution in [2.75, 3.05) is 6.61 Å². The van der Waals surface area contributed by atoms with E-state index in [1.165, 1.54) is 7.05 Å². The molecule has 0 fully saturated rings. The summed E-state index contributed by atoms with van der Waals surface area (Å²) in [6.07, 6.45) is -4.73. The van der Waals surface area contributed by atoms with Gasteiger partial charge in [0.2, 0.25) is 0 Å². The second kappa shape index (κ2) is 7.94. The summed E-state index contributed by atoms with van der Waals surface area (Å²) in [5, 5.41) is 3.78. The van der Waals surface area contributed by atoms with Crippen molar-refractivity contribution in [1.29, 1.82) is 0 Å². The third kappa shape index (κ3) is 4.12. The first-order chi connectivity index (χ1) is 11.3.